The van der Waals surface area contributed by atoms with Crippen LogP contribution in [0.3, 0.4) is 0 Å². The number of rotatable bonds is 1. The fraction of sp³-hybridized carbons (Fsp3) is 0.214. The van der Waals surface area contributed by atoms with Crippen LogP contribution >= 0.6 is 0 Å². The van der Waals surface area contributed by atoms with Gasteiger partial charge in [0.2, 0.25) is 0 Å². The Bertz CT molecular complexity index is 448. The third kappa shape index (κ3) is 1.99. The average molecular weight is 195 g/mol. The summed E-state index contributed by atoms with van der Waals surface area (Å²) < 4.78 is 0. The zero-order valence-electron chi connectivity index (χ0n) is 8.77. The zero-order valence-corrected chi connectivity index (χ0v) is 8.77. The van der Waals surface area contributed by atoms with Gasteiger partial charge in [-0.2, -0.15) is 5.26 Å². The molecule has 0 heterocycles. The highest BCUT2D eigenvalue weighted by Crippen LogP contribution is 2.31. The van der Waals surface area contributed by atoms with Crippen LogP contribution in [0.15, 0.2) is 48.6 Å². The van der Waals surface area contributed by atoms with Crippen LogP contribution in [0.1, 0.15) is 18.9 Å². The van der Waals surface area contributed by atoms with Crippen molar-refractivity contribution in [3.63, 3.8) is 0 Å². The molecule has 1 nitrogen and oxygen atoms in total. The Balaban J connectivity index is 2.25. The van der Waals surface area contributed by atoms with Gasteiger partial charge < -0.3 is 0 Å². The van der Waals surface area contributed by atoms with E-state index in [0.29, 0.717) is 0 Å². The van der Waals surface area contributed by atoms with Gasteiger partial charge in [-0.25, -0.2) is 0 Å². The van der Waals surface area contributed by atoms with Gasteiger partial charge in [0.15, 0.2) is 0 Å². The van der Waals surface area contributed by atoms with E-state index < -0.39 is 0 Å². The fourth-order valence-corrected chi connectivity index (χ4v) is 1.66. The van der Waals surface area contributed by atoms with E-state index in [2.05, 4.69) is 24.3 Å². The normalized spacial score (nSPS) is 24.4. The first kappa shape index (κ1) is 9.73. The largest absolute Gasteiger partial charge is 0.197 e. The SMILES string of the molecule is CC1(C#N)C=CC(c2ccccc2)=CC1. The van der Waals surface area contributed by atoms with Gasteiger partial charge in [-0.15, -0.1) is 0 Å². The van der Waals surface area contributed by atoms with E-state index in [4.69, 9.17) is 5.26 Å². The van der Waals surface area contributed by atoms with E-state index >= 15 is 0 Å². The van der Waals surface area contributed by atoms with Crippen molar-refractivity contribution in [2.45, 2.75) is 13.3 Å². The van der Waals surface area contributed by atoms with Crippen molar-refractivity contribution in [1.29, 1.82) is 5.26 Å². The molecule has 1 atom stereocenters. The molecule has 1 aliphatic carbocycles. The average Bonchev–Trinajstić information content (AvgIpc) is 2.31. The Kier molecular flexibility index (Phi) is 2.43. The molecule has 0 fully saturated rings. The third-order valence-corrected chi connectivity index (χ3v) is 2.74. The van der Waals surface area contributed by atoms with Gasteiger partial charge in [0.25, 0.3) is 0 Å². The number of allylic oxidation sites excluding steroid dienone is 4. The molecule has 0 saturated carbocycles. The minimum absolute atomic E-state index is 0.321. The standard InChI is InChI=1S/C14H13N/c1-14(11-15)9-7-13(8-10-14)12-5-3-2-4-6-12/h2-9H,10H2,1H3. The van der Waals surface area contributed by atoms with Gasteiger partial charge in [-0.05, 0) is 24.5 Å². The predicted molar refractivity (Wildman–Crippen MR) is 61.9 cm³/mol. The van der Waals surface area contributed by atoms with E-state index in [-0.39, 0.29) is 5.41 Å². The van der Waals surface area contributed by atoms with Gasteiger partial charge in [-0.3, -0.25) is 0 Å². The molecule has 0 aromatic heterocycles. The Morgan fingerprint density at radius 3 is 2.53 bits per heavy atom. The number of hydrogen-bond donors (Lipinski definition) is 0. The maximum absolute atomic E-state index is 8.98. The van der Waals surface area contributed by atoms with Crippen LogP contribution in [0, 0.1) is 16.7 Å². The van der Waals surface area contributed by atoms with Crippen LogP contribution in [0.2, 0.25) is 0 Å². The maximum Gasteiger partial charge on any atom is 0.0763 e. The second kappa shape index (κ2) is 3.74. The quantitative estimate of drug-likeness (QED) is 0.672. The molecule has 0 radical (unpaired) electrons. The topological polar surface area (TPSA) is 23.8 Å². The first-order valence-electron chi connectivity index (χ1n) is 5.10. The van der Waals surface area contributed by atoms with E-state index in [1.165, 1.54) is 11.1 Å². The number of nitriles is 1. The van der Waals surface area contributed by atoms with Crippen molar-refractivity contribution in [2.75, 3.05) is 0 Å². The second-order valence-corrected chi connectivity index (χ2v) is 4.09. The van der Waals surface area contributed by atoms with Crippen molar-refractivity contribution in [3.05, 3.63) is 54.1 Å². The highest BCUT2D eigenvalue weighted by molar-refractivity contribution is 5.75. The molecule has 0 bridgehead atoms. The van der Waals surface area contributed by atoms with Gasteiger partial charge in [0.1, 0.15) is 0 Å². The van der Waals surface area contributed by atoms with Crippen LogP contribution < -0.4 is 0 Å². The molecule has 1 heteroatoms. The monoisotopic (exact) mass is 195 g/mol. The lowest BCUT2D eigenvalue weighted by Crippen LogP contribution is -2.11. The summed E-state index contributed by atoms with van der Waals surface area (Å²) in [6.07, 6.45) is 6.97. The molecule has 0 N–H and O–H groups in total. The molecule has 0 amide bonds. The number of nitrogens with zero attached hydrogens (tertiary/aromatic N) is 1. The van der Waals surface area contributed by atoms with Crippen molar-refractivity contribution in [3.8, 4) is 6.07 Å². The summed E-state index contributed by atoms with van der Waals surface area (Å²) in [7, 11) is 0. The van der Waals surface area contributed by atoms with E-state index in [1.54, 1.807) is 0 Å². The summed E-state index contributed by atoms with van der Waals surface area (Å²) in [6.45, 7) is 1.96. The van der Waals surface area contributed by atoms with Crippen molar-refractivity contribution < 1.29 is 0 Å². The number of benzene rings is 1. The Morgan fingerprint density at radius 1 is 1.27 bits per heavy atom. The zero-order chi connectivity index (χ0) is 10.7. The Morgan fingerprint density at radius 2 is 2.00 bits per heavy atom. The Hall–Kier alpha value is -1.81. The molecule has 1 aromatic carbocycles. The molecule has 1 unspecified atom stereocenters. The van der Waals surface area contributed by atoms with Crippen molar-refractivity contribution in [1.82, 2.24) is 0 Å². The van der Waals surface area contributed by atoms with E-state index in [1.807, 2.05) is 37.3 Å². The fourth-order valence-electron chi connectivity index (χ4n) is 1.66. The van der Waals surface area contributed by atoms with Gasteiger partial charge in [0, 0.05) is 0 Å². The minimum atomic E-state index is -0.321. The highest BCUT2D eigenvalue weighted by Gasteiger charge is 2.21. The molecular weight excluding hydrogens is 182 g/mol. The second-order valence-electron chi connectivity index (χ2n) is 4.09. The summed E-state index contributed by atoms with van der Waals surface area (Å²) in [5, 5.41) is 8.98. The molecule has 0 aliphatic heterocycles. The van der Waals surface area contributed by atoms with E-state index in [0.717, 1.165) is 6.42 Å². The summed E-state index contributed by atoms with van der Waals surface area (Å²) >= 11 is 0. The molecule has 0 saturated heterocycles. The van der Waals surface area contributed by atoms with Crippen LogP contribution in [-0.2, 0) is 0 Å². The van der Waals surface area contributed by atoms with Crippen molar-refractivity contribution in [2.24, 2.45) is 5.41 Å². The Labute approximate surface area is 90.4 Å². The van der Waals surface area contributed by atoms with Gasteiger partial charge in [0.05, 0.1) is 11.5 Å². The molecule has 1 aliphatic rings. The maximum atomic E-state index is 8.98. The summed E-state index contributed by atoms with van der Waals surface area (Å²) in [5.41, 5.74) is 2.11. The predicted octanol–water partition coefficient (Wildman–Crippen LogP) is 3.56. The van der Waals surface area contributed by atoms with Crippen LogP contribution in [0.4, 0.5) is 0 Å². The molecule has 1 aromatic rings. The molecule has 2 rings (SSSR count). The van der Waals surface area contributed by atoms with Gasteiger partial charge >= 0.3 is 0 Å². The van der Waals surface area contributed by atoms with Crippen LogP contribution in [0.5, 0.6) is 0 Å². The first-order valence-corrected chi connectivity index (χ1v) is 5.10. The molecule has 74 valence electrons. The third-order valence-electron chi connectivity index (χ3n) is 2.74. The number of hydrogen-bond acceptors (Lipinski definition) is 1. The lowest BCUT2D eigenvalue weighted by atomic mass is 9.82. The van der Waals surface area contributed by atoms with E-state index in [9.17, 15) is 0 Å². The lowest BCUT2D eigenvalue weighted by molar-refractivity contribution is 0.575. The highest BCUT2D eigenvalue weighted by atomic mass is 14.3. The molecule has 15 heavy (non-hydrogen) atoms. The smallest absolute Gasteiger partial charge is 0.0763 e. The van der Waals surface area contributed by atoms with Crippen LogP contribution in [-0.4, -0.2) is 0 Å². The van der Waals surface area contributed by atoms with Gasteiger partial charge in [-0.1, -0.05) is 48.6 Å². The molecule has 0 spiro atoms. The van der Waals surface area contributed by atoms with Crippen LogP contribution in [0.25, 0.3) is 5.57 Å². The summed E-state index contributed by atoms with van der Waals surface area (Å²) in [4.78, 5) is 0. The summed E-state index contributed by atoms with van der Waals surface area (Å²) in [6, 6.07) is 12.6. The minimum Gasteiger partial charge on any atom is -0.197 e. The first-order chi connectivity index (χ1) is 7.23. The lowest BCUT2D eigenvalue weighted by Gasteiger charge is -2.19. The summed E-state index contributed by atoms with van der Waals surface area (Å²) in [5.74, 6) is 0. The molecular formula is C14H13N. The van der Waals surface area contributed by atoms with Crippen molar-refractivity contribution >= 4 is 5.57 Å².